The molecular formula is C29H28N2O. The number of hydrogen-bond donors (Lipinski definition) is 0. The van der Waals surface area contributed by atoms with Gasteiger partial charge in [-0.2, -0.15) is 0 Å². The zero-order valence-corrected chi connectivity index (χ0v) is 17.7. The Balaban J connectivity index is 1.85. The number of aromatic nitrogens is 2. The smallest absolute Gasteiger partial charge is 0.227 e. The Morgan fingerprint density at radius 1 is 1.00 bits per heavy atom. The lowest BCUT2D eigenvalue weighted by atomic mass is 9.95. The molecule has 0 aliphatic heterocycles. The molecule has 160 valence electrons. The number of nitrogens with zero attached hydrogens (tertiary/aromatic N) is 2. The van der Waals surface area contributed by atoms with E-state index in [0.717, 1.165) is 6.20 Å². The average Bonchev–Trinajstić information content (AvgIpc) is 3.30. The maximum absolute atomic E-state index is 9.07. The fraction of sp³-hybridized carbons (Fsp3) is 0.241. The molecule has 0 atom stereocenters. The maximum Gasteiger partial charge on any atom is 0.227 e. The summed E-state index contributed by atoms with van der Waals surface area (Å²) in [6.45, 7) is -1.78. The number of furan rings is 1. The van der Waals surface area contributed by atoms with Crippen LogP contribution in [0.5, 0.6) is 0 Å². The van der Waals surface area contributed by atoms with Crippen LogP contribution in [0.4, 0.5) is 0 Å². The number of pyridine rings is 2. The van der Waals surface area contributed by atoms with Gasteiger partial charge < -0.3 is 4.42 Å². The third-order valence-corrected chi connectivity index (χ3v) is 5.16. The van der Waals surface area contributed by atoms with Crippen molar-refractivity contribution in [2.75, 3.05) is 0 Å². The molecule has 0 fully saturated rings. The Hall–Kier alpha value is -3.46. The fourth-order valence-electron chi connectivity index (χ4n) is 3.78. The molecule has 0 bridgehead atoms. The summed E-state index contributed by atoms with van der Waals surface area (Å²) >= 11 is 0. The molecule has 3 heterocycles. The third-order valence-electron chi connectivity index (χ3n) is 5.16. The molecule has 3 aromatic heterocycles. The Bertz CT molecular complexity index is 1790. The minimum absolute atomic E-state index is 0.00645. The second kappa shape index (κ2) is 8.23. The normalized spacial score (nSPS) is 18.0. The molecule has 3 nitrogen and oxygen atoms in total. The van der Waals surface area contributed by atoms with Crippen LogP contribution in [-0.2, 0) is 12.7 Å². The molecular weight excluding hydrogens is 392 g/mol. The second-order valence-corrected chi connectivity index (χ2v) is 7.92. The van der Waals surface area contributed by atoms with Crippen LogP contribution in [-0.4, -0.2) is 9.97 Å². The summed E-state index contributed by atoms with van der Waals surface area (Å²) in [7, 11) is 0. The molecule has 0 radical (unpaired) electrons. The molecule has 0 N–H and O–H groups in total. The Morgan fingerprint density at radius 3 is 2.66 bits per heavy atom. The van der Waals surface area contributed by atoms with E-state index in [0.29, 0.717) is 21.9 Å². The van der Waals surface area contributed by atoms with Crippen molar-refractivity contribution in [3.63, 3.8) is 0 Å². The van der Waals surface area contributed by atoms with Crippen molar-refractivity contribution in [3.05, 3.63) is 94.8 Å². The molecule has 0 saturated heterocycles. The highest BCUT2D eigenvalue weighted by Gasteiger charge is 2.18. The van der Waals surface area contributed by atoms with E-state index in [1.165, 1.54) is 18.2 Å². The summed E-state index contributed by atoms with van der Waals surface area (Å²) in [6, 6.07) is 16.1. The summed E-state index contributed by atoms with van der Waals surface area (Å²) < 4.78 is 88.9. The van der Waals surface area contributed by atoms with Gasteiger partial charge in [-0.05, 0) is 78.9 Å². The summed E-state index contributed by atoms with van der Waals surface area (Å²) in [5.41, 5.74) is 0.967. The highest BCUT2D eigenvalue weighted by molar-refractivity contribution is 6.10. The number of benzene rings is 2. The van der Waals surface area contributed by atoms with Crippen LogP contribution >= 0.6 is 0 Å². The van der Waals surface area contributed by atoms with E-state index in [4.69, 9.17) is 18.1 Å². The van der Waals surface area contributed by atoms with Crippen LogP contribution in [0.2, 0.25) is 0 Å². The Kier molecular flexibility index (Phi) is 3.08. The van der Waals surface area contributed by atoms with Gasteiger partial charge in [0, 0.05) is 41.9 Å². The summed E-state index contributed by atoms with van der Waals surface area (Å²) in [5, 5.41) is 0.752. The molecule has 0 saturated carbocycles. The zero-order valence-electron chi connectivity index (χ0n) is 27.7. The van der Waals surface area contributed by atoms with Crippen LogP contribution in [0.25, 0.3) is 33.3 Å². The van der Waals surface area contributed by atoms with Gasteiger partial charge in [0.05, 0.1) is 5.69 Å². The van der Waals surface area contributed by atoms with E-state index in [9.17, 15) is 0 Å². The largest absolute Gasteiger partial charge is 0.437 e. The Labute approximate surface area is 203 Å². The highest BCUT2D eigenvalue weighted by atomic mass is 16.3. The van der Waals surface area contributed by atoms with Gasteiger partial charge in [-0.25, -0.2) is 4.98 Å². The summed E-state index contributed by atoms with van der Waals surface area (Å²) in [4.78, 5) is 8.62. The van der Waals surface area contributed by atoms with E-state index in [-0.39, 0.29) is 39.4 Å². The lowest BCUT2D eigenvalue weighted by Crippen LogP contribution is -1.99. The monoisotopic (exact) mass is 430 g/mol. The van der Waals surface area contributed by atoms with Gasteiger partial charge in [0.2, 0.25) is 5.71 Å². The number of aryl methyl sites for hydroxylation is 2. The van der Waals surface area contributed by atoms with Crippen LogP contribution in [0.15, 0.2) is 71.3 Å². The first kappa shape index (κ1) is 12.0. The van der Waals surface area contributed by atoms with Crippen LogP contribution in [0.1, 0.15) is 55.5 Å². The number of rotatable bonds is 5. The minimum atomic E-state index is -2.61. The summed E-state index contributed by atoms with van der Waals surface area (Å²) in [6.07, 6.45) is -2.85. The van der Waals surface area contributed by atoms with E-state index >= 15 is 0 Å². The van der Waals surface area contributed by atoms with Crippen molar-refractivity contribution in [2.45, 2.75) is 40.3 Å². The SMILES string of the molecule is [2H]C([2H])([2H])c1ccc2c(n1)oc1c(-c3cc(C([2H])([2H])C(C)C)c(C([2H])([2H])[2H])cn3)ccc(C([2H])([2H])c3ccccc3)c12. The topological polar surface area (TPSA) is 38.9 Å². The number of fused-ring (bicyclic) bond motifs is 3. The van der Waals surface area contributed by atoms with Crippen molar-refractivity contribution in [1.82, 2.24) is 9.97 Å². The third kappa shape index (κ3) is 3.80. The molecule has 0 spiro atoms. The first-order chi connectivity index (χ1) is 19.4. The molecule has 3 heteroatoms. The van der Waals surface area contributed by atoms with Gasteiger partial charge >= 0.3 is 0 Å². The molecule has 2 aromatic carbocycles. The highest BCUT2D eigenvalue weighted by Crippen LogP contribution is 2.38. The molecule has 5 rings (SSSR count). The van der Waals surface area contributed by atoms with E-state index < -0.39 is 32.4 Å². The molecule has 0 aliphatic rings. The first-order valence-corrected chi connectivity index (χ1v) is 10.4. The van der Waals surface area contributed by atoms with Gasteiger partial charge in [-0.3, -0.25) is 4.98 Å². The van der Waals surface area contributed by atoms with Gasteiger partial charge in [0.1, 0.15) is 5.58 Å². The summed E-state index contributed by atoms with van der Waals surface area (Å²) in [5.74, 6) is -0.553. The first-order valence-electron chi connectivity index (χ1n) is 15.4. The van der Waals surface area contributed by atoms with Gasteiger partial charge in [-0.1, -0.05) is 50.2 Å². The minimum Gasteiger partial charge on any atom is -0.437 e. The lowest BCUT2D eigenvalue weighted by molar-refractivity contribution is 0.644. The van der Waals surface area contributed by atoms with Crippen LogP contribution in [0, 0.1) is 19.6 Å². The molecule has 0 aliphatic carbocycles. The van der Waals surface area contributed by atoms with Crippen LogP contribution < -0.4 is 0 Å². The van der Waals surface area contributed by atoms with E-state index in [2.05, 4.69) is 9.97 Å². The standard InChI is InChI=1S/C29H28N2O/c1-18(2)14-23-16-26(30-17-19(23)3)24-13-11-22(15-21-8-6-5-7-9-21)27-25-12-10-20(4)31-29(25)32-28(24)27/h5-13,16-18H,14-15H2,1-4H3/i3D3,4D3,14D2,15D2. The quantitative estimate of drug-likeness (QED) is 0.291. The van der Waals surface area contributed by atoms with Crippen LogP contribution in [0.3, 0.4) is 0 Å². The zero-order chi connectivity index (χ0) is 30.8. The molecule has 5 aromatic rings. The van der Waals surface area contributed by atoms with Crippen molar-refractivity contribution < 1.29 is 18.1 Å². The fourth-order valence-corrected chi connectivity index (χ4v) is 3.78. The predicted molar refractivity (Wildman–Crippen MR) is 132 cm³/mol. The van der Waals surface area contributed by atoms with E-state index in [1.54, 1.807) is 56.3 Å². The van der Waals surface area contributed by atoms with Crippen molar-refractivity contribution >= 4 is 22.1 Å². The van der Waals surface area contributed by atoms with Crippen molar-refractivity contribution in [2.24, 2.45) is 5.92 Å². The maximum atomic E-state index is 9.07. The lowest BCUT2D eigenvalue weighted by Gasteiger charge is -2.12. The van der Waals surface area contributed by atoms with Gasteiger partial charge in [0.15, 0.2) is 0 Å². The molecule has 32 heavy (non-hydrogen) atoms. The molecule has 0 amide bonds. The van der Waals surface area contributed by atoms with Crippen molar-refractivity contribution in [3.8, 4) is 11.3 Å². The van der Waals surface area contributed by atoms with Gasteiger partial charge in [-0.15, -0.1) is 0 Å². The predicted octanol–water partition coefficient (Wildman–Crippen LogP) is 7.45. The molecule has 0 unspecified atom stereocenters. The number of hydrogen-bond acceptors (Lipinski definition) is 3. The average molecular weight is 431 g/mol. The van der Waals surface area contributed by atoms with Crippen molar-refractivity contribution in [1.29, 1.82) is 0 Å². The second-order valence-electron chi connectivity index (χ2n) is 7.92. The Morgan fingerprint density at radius 2 is 1.88 bits per heavy atom. The van der Waals surface area contributed by atoms with E-state index in [1.807, 2.05) is 0 Å². The van der Waals surface area contributed by atoms with Gasteiger partial charge in [0.25, 0.3) is 0 Å².